The maximum atomic E-state index is 12.3. The number of carbonyl (C=O) groups excluding carboxylic acids is 1. The van der Waals surface area contributed by atoms with Crippen LogP contribution in [0.4, 0.5) is 5.69 Å². The predicted molar refractivity (Wildman–Crippen MR) is 87.0 cm³/mol. The summed E-state index contributed by atoms with van der Waals surface area (Å²) >= 11 is 0. The van der Waals surface area contributed by atoms with Crippen molar-refractivity contribution in [2.24, 2.45) is 11.7 Å². The van der Waals surface area contributed by atoms with Gasteiger partial charge in [-0.15, -0.1) is 12.4 Å². The van der Waals surface area contributed by atoms with Crippen molar-refractivity contribution in [3.05, 3.63) is 39.9 Å². The van der Waals surface area contributed by atoms with Crippen molar-refractivity contribution in [1.29, 1.82) is 0 Å². The third-order valence-corrected chi connectivity index (χ3v) is 4.06. The molecular formula is C15H22ClN3O3. The molecule has 1 saturated heterocycles. The Balaban J connectivity index is 0.00000242. The minimum atomic E-state index is -0.441. The summed E-state index contributed by atoms with van der Waals surface area (Å²) < 4.78 is 0. The lowest BCUT2D eigenvalue weighted by molar-refractivity contribution is -0.384. The van der Waals surface area contributed by atoms with E-state index in [2.05, 4.69) is 0 Å². The van der Waals surface area contributed by atoms with Gasteiger partial charge >= 0.3 is 0 Å². The average Bonchev–Trinajstić information content (AvgIpc) is 2.48. The topological polar surface area (TPSA) is 89.5 Å². The number of likely N-dealkylation sites (tertiary alicyclic amines) is 1. The molecule has 2 unspecified atom stereocenters. The fourth-order valence-corrected chi connectivity index (χ4v) is 2.69. The van der Waals surface area contributed by atoms with E-state index in [1.165, 1.54) is 12.1 Å². The number of rotatable bonds is 4. The number of nitro groups is 1. The van der Waals surface area contributed by atoms with Crippen LogP contribution in [0.1, 0.15) is 25.3 Å². The van der Waals surface area contributed by atoms with Crippen molar-refractivity contribution in [3.63, 3.8) is 0 Å². The van der Waals surface area contributed by atoms with Crippen molar-refractivity contribution < 1.29 is 9.72 Å². The second-order valence-corrected chi connectivity index (χ2v) is 5.70. The molecule has 2 N–H and O–H groups in total. The second kappa shape index (κ2) is 8.10. The van der Waals surface area contributed by atoms with Gasteiger partial charge in [-0.1, -0.05) is 12.1 Å². The van der Waals surface area contributed by atoms with Crippen LogP contribution in [0.2, 0.25) is 0 Å². The first-order valence-corrected chi connectivity index (χ1v) is 7.24. The van der Waals surface area contributed by atoms with E-state index in [4.69, 9.17) is 5.73 Å². The normalized spacial score (nSPS) is 19.2. The summed E-state index contributed by atoms with van der Waals surface area (Å²) in [4.78, 5) is 24.3. The van der Waals surface area contributed by atoms with Gasteiger partial charge in [0.2, 0.25) is 5.91 Å². The number of amides is 1. The zero-order chi connectivity index (χ0) is 15.4. The zero-order valence-corrected chi connectivity index (χ0v) is 13.4. The quantitative estimate of drug-likeness (QED) is 0.677. The molecule has 22 heavy (non-hydrogen) atoms. The first kappa shape index (κ1) is 18.4. The van der Waals surface area contributed by atoms with Gasteiger partial charge < -0.3 is 10.6 Å². The molecule has 7 heteroatoms. The third-order valence-electron chi connectivity index (χ3n) is 4.06. The van der Waals surface area contributed by atoms with Crippen molar-refractivity contribution in [2.75, 3.05) is 13.1 Å². The zero-order valence-electron chi connectivity index (χ0n) is 12.6. The number of carbonyl (C=O) groups is 1. The lowest BCUT2D eigenvalue weighted by Crippen LogP contribution is -2.45. The van der Waals surface area contributed by atoms with E-state index in [0.29, 0.717) is 12.5 Å². The number of piperidine rings is 1. The smallest absolute Gasteiger partial charge is 0.269 e. The Morgan fingerprint density at radius 1 is 1.45 bits per heavy atom. The minimum Gasteiger partial charge on any atom is -0.342 e. The highest BCUT2D eigenvalue weighted by molar-refractivity contribution is 5.85. The van der Waals surface area contributed by atoms with Crippen LogP contribution in [0, 0.1) is 16.0 Å². The fourth-order valence-electron chi connectivity index (χ4n) is 2.69. The molecule has 1 aromatic rings. The summed E-state index contributed by atoms with van der Waals surface area (Å²) in [5.41, 5.74) is 6.77. The standard InChI is InChI=1S/C15H21N3O3.ClH/c1-11(16)13-3-2-8-17(10-13)15(19)9-12-4-6-14(7-5-12)18(20)21;/h4-7,11,13H,2-3,8-10,16H2,1H3;1H. The molecule has 1 aliphatic heterocycles. The lowest BCUT2D eigenvalue weighted by atomic mass is 9.92. The fraction of sp³-hybridized carbons (Fsp3) is 0.533. The number of non-ortho nitro benzene ring substituents is 1. The molecule has 0 bridgehead atoms. The Kier molecular flexibility index (Phi) is 6.77. The van der Waals surface area contributed by atoms with Crippen LogP contribution >= 0.6 is 12.4 Å². The molecule has 0 aliphatic carbocycles. The maximum absolute atomic E-state index is 12.3. The van der Waals surface area contributed by atoms with Crippen molar-refractivity contribution >= 4 is 24.0 Å². The van der Waals surface area contributed by atoms with Crippen LogP contribution in [0.25, 0.3) is 0 Å². The average molecular weight is 328 g/mol. The van der Waals surface area contributed by atoms with Crippen molar-refractivity contribution in [1.82, 2.24) is 4.90 Å². The van der Waals surface area contributed by atoms with E-state index in [1.807, 2.05) is 11.8 Å². The third kappa shape index (κ3) is 4.68. The predicted octanol–water partition coefficient (Wildman–Crippen LogP) is 2.14. The molecule has 0 saturated carbocycles. The summed E-state index contributed by atoms with van der Waals surface area (Å²) in [5, 5.41) is 10.6. The lowest BCUT2D eigenvalue weighted by Gasteiger charge is -2.34. The van der Waals surface area contributed by atoms with Gasteiger partial charge in [-0.3, -0.25) is 14.9 Å². The first-order valence-electron chi connectivity index (χ1n) is 7.24. The molecule has 1 aliphatic rings. The monoisotopic (exact) mass is 327 g/mol. The Hall–Kier alpha value is -1.66. The molecule has 1 fully saturated rings. The highest BCUT2D eigenvalue weighted by Crippen LogP contribution is 2.20. The molecule has 2 rings (SSSR count). The summed E-state index contributed by atoms with van der Waals surface area (Å²) in [6, 6.07) is 6.25. The van der Waals surface area contributed by atoms with E-state index in [9.17, 15) is 14.9 Å². The Morgan fingerprint density at radius 3 is 2.64 bits per heavy atom. The van der Waals surface area contributed by atoms with Gasteiger partial charge in [0, 0.05) is 31.3 Å². The van der Waals surface area contributed by atoms with Gasteiger partial charge in [-0.25, -0.2) is 0 Å². The van der Waals surface area contributed by atoms with E-state index < -0.39 is 4.92 Å². The van der Waals surface area contributed by atoms with E-state index in [-0.39, 0.29) is 36.5 Å². The van der Waals surface area contributed by atoms with Crippen molar-refractivity contribution in [3.8, 4) is 0 Å². The number of hydrogen-bond acceptors (Lipinski definition) is 4. The molecule has 2 atom stereocenters. The summed E-state index contributed by atoms with van der Waals surface area (Å²) in [6.07, 6.45) is 2.33. The largest absolute Gasteiger partial charge is 0.342 e. The number of nitro benzene ring substituents is 1. The molecule has 6 nitrogen and oxygen atoms in total. The SMILES string of the molecule is CC(N)C1CCCN(C(=O)Cc2ccc([N+](=O)[O-])cc2)C1.Cl. The molecule has 1 aromatic carbocycles. The van der Waals surface area contributed by atoms with Gasteiger partial charge in [0.15, 0.2) is 0 Å². The number of nitrogens with two attached hydrogens (primary N) is 1. The van der Waals surface area contributed by atoms with Crippen LogP contribution < -0.4 is 5.73 Å². The van der Waals surface area contributed by atoms with Crippen LogP contribution in [0.15, 0.2) is 24.3 Å². The van der Waals surface area contributed by atoms with Crippen molar-refractivity contribution in [2.45, 2.75) is 32.2 Å². The molecule has 1 heterocycles. The molecule has 0 aromatic heterocycles. The second-order valence-electron chi connectivity index (χ2n) is 5.70. The Morgan fingerprint density at radius 2 is 2.09 bits per heavy atom. The summed E-state index contributed by atoms with van der Waals surface area (Å²) in [6.45, 7) is 3.47. The molecule has 0 radical (unpaired) electrons. The first-order chi connectivity index (χ1) is 9.97. The van der Waals surface area contributed by atoms with E-state index >= 15 is 0 Å². The minimum absolute atomic E-state index is 0. The maximum Gasteiger partial charge on any atom is 0.269 e. The Labute approximate surface area is 136 Å². The van der Waals surface area contributed by atoms with Gasteiger partial charge in [-0.2, -0.15) is 0 Å². The van der Waals surface area contributed by atoms with Crippen LogP contribution in [-0.2, 0) is 11.2 Å². The Bertz CT molecular complexity index is 519. The van der Waals surface area contributed by atoms with E-state index in [1.54, 1.807) is 12.1 Å². The highest BCUT2D eigenvalue weighted by atomic mass is 35.5. The van der Waals surface area contributed by atoms with Gasteiger partial charge in [-0.05, 0) is 31.2 Å². The van der Waals surface area contributed by atoms with Gasteiger partial charge in [0.05, 0.1) is 11.3 Å². The number of halogens is 1. The molecule has 1 amide bonds. The summed E-state index contributed by atoms with van der Waals surface area (Å²) in [5.74, 6) is 0.425. The van der Waals surface area contributed by atoms with Crippen LogP contribution in [0.5, 0.6) is 0 Å². The highest BCUT2D eigenvalue weighted by Gasteiger charge is 2.25. The number of nitrogens with zero attached hydrogens (tertiary/aromatic N) is 2. The molecular weight excluding hydrogens is 306 g/mol. The number of benzene rings is 1. The molecule has 0 spiro atoms. The number of hydrogen-bond donors (Lipinski definition) is 1. The van der Waals surface area contributed by atoms with Gasteiger partial charge in [0.1, 0.15) is 0 Å². The summed E-state index contributed by atoms with van der Waals surface area (Å²) in [7, 11) is 0. The van der Waals surface area contributed by atoms with Gasteiger partial charge in [0.25, 0.3) is 5.69 Å². The van der Waals surface area contributed by atoms with E-state index in [0.717, 1.165) is 24.9 Å². The molecule has 122 valence electrons. The van der Waals surface area contributed by atoms with Crippen LogP contribution in [-0.4, -0.2) is 34.9 Å². The van der Waals surface area contributed by atoms with Crippen LogP contribution in [0.3, 0.4) is 0 Å².